The maximum absolute atomic E-state index is 11.6. The number of carboxylic acids is 1. The van der Waals surface area contributed by atoms with Crippen LogP contribution in [0.3, 0.4) is 0 Å². The minimum atomic E-state index is -0.780. The van der Waals surface area contributed by atoms with Crippen LogP contribution < -0.4 is 9.47 Å². The molecule has 1 aliphatic heterocycles. The molecule has 1 aromatic carbocycles. The molecule has 1 aromatic rings. The van der Waals surface area contributed by atoms with E-state index < -0.39 is 11.4 Å². The lowest BCUT2D eigenvalue weighted by Crippen LogP contribution is -2.21. The van der Waals surface area contributed by atoms with Crippen LogP contribution in [0.15, 0.2) is 6.07 Å². The molecule has 0 spiro atoms. The number of halogens is 1. The number of carboxylic acid groups (broad SMARTS) is 1. The van der Waals surface area contributed by atoms with E-state index >= 15 is 0 Å². The molecule has 3 rings (SSSR count). The number of rotatable bonds is 3. The number of hydrogen-bond donors (Lipinski definition) is 1. The van der Waals surface area contributed by atoms with E-state index in [1.165, 1.54) is 0 Å². The normalized spacial score (nSPS) is 19.3. The van der Waals surface area contributed by atoms with Gasteiger partial charge in [0.1, 0.15) is 0 Å². The molecule has 1 heterocycles. The Hall–Kier alpha value is -1.42. The largest absolute Gasteiger partial charge is 0.489 e. The van der Waals surface area contributed by atoms with Gasteiger partial charge in [0.25, 0.3) is 0 Å². The lowest BCUT2D eigenvalue weighted by atomic mass is 9.89. The average molecular weight is 297 g/mol. The van der Waals surface area contributed by atoms with Gasteiger partial charge in [-0.25, -0.2) is 0 Å². The van der Waals surface area contributed by atoms with Crippen LogP contribution in [0.2, 0.25) is 5.02 Å². The Labute approximate surface area is 122 Å². The second-order valence-corrected chi connectivity index (χ2v) is 5.74. The average Bonchev–Trinajstić information content (AvgIpc) is 3.23. The summed E-state index contributed by atoms with van der Waals surface area (Å²) in [5.41, 5.74) is 0.938. The summed E-state index contributed by atoms with van der Waals surface area (Å²) in [5, 5.41) is 9.96. The molecule has 0 saturated heterocycles. The van der Waals surface area contributed by atoms with Crippen molar-refractivity contribution in [2.45, 2.75) is 38.0 Å². The number of benzene rings is 1. The Bertz CT molecular complexity index is 563. The molecule has 0 unspecified atom stereocenters. The van der Waals surface area contributed by atoms with Crippen molar-refractivity contribution in [3.05, 3.63) is 22.2 Å². The Balaban J connectivity index is 2.19. The SMILES string of the molecule is CCc1c(C2(C(=O)O)CC2)cc(Cl)c2c1OCCCO2. The number of aliphatic carboxylic acids is 1. The fourth-order valence-electron chi connectivity index (χ4n) is 2.84. The van der Waals surface area contributed by atoms with Crippen molar-refractivity contribution >= 4 is 17.6 Å². The van der Waals surface area contributed by atoms with Gasteiger partial charge in [0.2, 0.25) is 0 Å². The van der Waals surface area contributed by atoms with E-state index in [-0.39, 0.29) is 0 Å². The van der Waals surface area contributed by atoms with Crippen molar-refractivity contribution in [2.24, 2.45) is 0 Å². The molecular formula is C15H17ClO4. The van der Waals surface area contributed by atoms with Gasteiger partial charge in [-0.15, -0.1) is 0 Å². The number of ether oxygens (including phenoxy) is 2. The zero-order valence-corrected chi connectivity index (χ0v) is 12.1. The third kappa shape index (κ3) is 1.94. The van der Waals surface area contributed by atoms with Crippen LogP contribution in [-0.2, 0) is 16.6 Å². The molecule has 0 bridgehead atoms. The van der Waals surface area contributed by atoms with Crippen LogP contribution in [0.4, 0.5) is 0 Å². The predicted octanol–water partition coefficient (Wildman–Crippen LogP) is 3.18. The number of hydrogen-bond acceptors (Lipinski definition) is 3. The lowest BCUT2D eigenvalue weighted by Gasteiger charge is -2.21. The molecule has 0 amide bonds. The second-order valence-electron chi connectivity index (χ2n) is 5.33. The Morgan fingerprint density at radius 2 is 2.00 bits per heavy atom. The van der Waals surface area contributed by atoms with Crippen LogP contribution in [0.1, 0.15) is 37.3 Å². The third-order valence-corrected chi connectivity index (χ3v) is 4.38. The molecule has 0 radical (unpaired) electrons. The highest BCUT2D eigenvalue weighted by molar-refractivity contribution is 6.32. The molecule has 5 heteroatoms. The molecule has 1 saturated carbocycles. The van der Waals surface area contributed by atoms with Crippen LogP contribution in [0, 0.1) is 0 Å². The minimum Gasteiger partial charge on any atom is -0.489 e. The van der Waals surface area contributed by atoms with Gasteiger partial charge in [-0.2, -0.15) is 0 Å². The van der Waals surface area contributed by atoms with Crippen LogP contribution in [-0.4, -0.2) is 24.3 Å². The summed E-state index contributed by atoms with van der Waals surface area (Å²) in [6.45, 7) is 3.14. The summed E-state index contributed by atoms with van der Waals surface area (Å²) in [4.78, 5) is 11.6. The van der Waals surface area contributed by atoms with Crippen LogP contribution in [0.5, 0.6) is 11.5 Å². The highest BCUT2D eigenvalue weighted by Crippen LogP contribution is 2.54. The first-order valence-electron chi connectivity index (χ1n) is 6.95. The second kappa shape index (κ2) is 4.85. The maximum Gasteiger partial charge on any atom is 0.314 e. The standard InChI is InChI=1S/C15H17ClO4/c1-2-9-10(15(4-5-15)14(17)18)8-11(16)13-12(9)19-6-3-7-20-13/h8H,2-7H2,1H3,(H,17,18). The predicted molar refractivity (Wildman–Crippen MR) is 75.0 cm³/mol. The number of carbonyl (C=O) groups is 1. The van der Waals surface area contributed by atoms with Crippen molar-refractivity contribution in [2.75, 3.05) is 13.2 Å². The molecule has 20 heavy (non-hydrogen) atoms. The quantitative estimate of drug-likeness (QED) is 0.931. The van der Waals surface area contributed by atoms with E-state index in [1.54, 1.807) is 6.07 Å². The topological polar surface area (TPSA) is 55.8 Å². The smallest absolute Gasteiger partial charge is 0.314 e. The van der Waals surface area contributed by atoms with E-state index in [2.05, 4.69) is 0 Å². The highest BCUT2D eigenvalue weighted by Gasteiger charge is 2.53. The first-order valence-corrected chi connectivity index (χ1v) is 7.33. The Kier molecular flexibility index (Phi) is 3.28. The third-order valence-electron chi connectivity index (χ3n) is 4.10. The fraction of sp³-hybridized carbons (Fsp3) is 0.533. The summed E-state index contributed by atoms with van der Waals surface area (Å²) in [5.74, 6) is 0.420. The van der Waals surface area contributed by atoms with Crippen molar-refractivity contribution in [3.63, 3.8) is 0 Å². The molecule has 1 fully saturated rings. The molecule has 0 aromatic heterocycles. The number of fused-ring (bicyclic) bond motifs is 1. The highest BCUT2D eigenvalue weighted by atomic mass is 35.5. The van der Waals surface area contributed by atoms with Gasteiger partial charge in [-0.3, -0.25) is 4.79 Å². The van der Waals surface area contributed by atoms with Crippen LogP contribution >= 0.6 is 11.6 Å². The van der Waals surface area contributed by atoms with Crippen LogP contribution in [0.25, 0.3) is 0 Å². The van der Waals surface area contributed by atoms with Gasteiger partial charge < -0.3 is 14.6 Å². The first kappa shape index (κ1) is 13.6. The van der Waals surface area contributed by atoms with Crippen molar-refractivity contribution in [1.82, 2.24) is 0 Å². The summed E-state index contributed by atoms with van der Waals surface area (Å²) >= 11 is 6.29. The molecule has 4 nitrogen and oxygen atoms in total. The molecular weight excluding hydrogens is 280 g/mol. The van der Waals surface area contributed by atoms with Gasteiger partial charge in [0, 0.05) is 12.0 Å². The van der Waals surface area contributed by atoms with Crippen molar-refractivity contribution in [3.8, 4) is 11.5 Å². The summed E-state index contributed by atoms with van der Waals surface area (Å²) < 4.78 is 11.5. The minimum absolute atomic E-state index is 0.446. The van der Waals surface area contributed by atoms with E-state index in [9.17, 15) is 9.90 Å². The van der Waals surface area contributed by atoms with Gasteiger partial charge >= 0.3 is 5.97 Å². The fourth-order valence-corrected chi connectivity index (χ4v) is 3.09. The monoisotopic (exact) mass is 296 g/mol. The zero-order chi connectivity index (χ0) is 14.3. The zero-order valence-electron chi connectivity index (χ0n) is 11.4. The van der Waals surface area contributed by atoms with E-state index in [0.29, 0.717) is 49.0 Å². The summed E-state index contributed by atoms with van der Waals surface area (Å²) in [6.07, 6.45) is 2.82. The summed E-state index contributed by atoms with van der Waals surface area (Å²) in [6, 6.07) is 1.76. The van der Waals surface area contributed by atoms with Gasteiger partial charge in [0.15, 0.2) is 11.5 Å². The molecule has 1 N–H and O–H groups in total. The van der Waals surface area contributed by atoms with E-state index in [1.807, 2.05) is 6.92 Å². The van der Waals surface area contributed by atoms with E-state index in [0.717, 1.165) is 17.5 Å². The summed E-state index contributed by atoms with van der Waals surface area (Å²) in [7, 11) is 0. The van der Waals surface area contributed by atoms with E-state index in [4.69, 9.17) is 21.1 Å². The Morgan fingerprint density at radius 1 is 1.35 bits per heavy atom. The first-order chi connectivity index (χ1) is 9.60. The molecule has 1 aliphatic carbocycles. The lowest BCUT2D eigenvalue weighted by molar-refractivity contribution is -0.140. The molecule has 108 valence electrons. The van der Waals surface area contributed by atoms with Crippen molar-refractivity contribution in [1.29, 1.82) is 0 Å². The van der Waals surface area contributed by atoms with Crippen molar-refractivity contribution < 1.29 is 19.4 Å². The van der Waals surface area contributed by atoms with Gasteiger partial charge in [0.05, 0.1) is 23.7 Å². The van der Waals surface area contributed by atoms with Gasteiger partial charge in [-0.1, -0.05) is 18.5 Å². The van der Waals surface area contributed by atoms with Gasteiger partial charge in [-0.05, 0) is 30.9 Å². The molecule has 2 aliphatic rings. The molecule has 0 atom stereocenters. The maximum atomic E-state index is 11.6. The Morgan fingerprint density at radius 3 is 2.55 bits per heavy atom.